The van der Waals surface area contributed by atoms with E-state index in [1.54, 1.807) is 0 Å². The number of aryl methyl sites for hydroxylation is 1. The molecule has 1 amide bonds. The summed E-state index contributed by atoms with van der Waals surface area (Å²) in [6.45, 7) is 2.85. The van der Waals surface area contributed by atoms with Gasteiger partial charge >= 0.3 is 0 Å². The third-order valence-corrected chi connectivity index (χ3v) is 4.86. The number of amides is 1. The van der Waals surface area contributed by atoms with E-state index < -0.39 is 0 Å². The molecule has 1 aliphatic carbocycles. The quantitative estimate of drug-likeness (QED) is 0.806. The summed E-state index contributed by atoms with van der Waals surface area (Å²) < 4.78 is 0. The van der Waals surface area contributed by atoms with Gasteiger partial charge in [0.1, 0.15) is 0 Å². The molecular weight excluding hydrogens is 258 g/mol. The second-order valence-corrected chi connectivity index (χ2v) is 6.21. The fourth-order valence-corrected chi connectivity index (χ4v) is 3.48. The molecule has 2 nitrogen and oxygen atoms in total. The Morgan fingerprint density at radius 2 is 1.81 bits per heavy atom. The highest BCUT2D eigenvalue weighted by atomic mass is 16.2. The maximum atomic E-state index is 12.6. The standard InChI is InChI=1S/C19H19NO/c1-13-10-15(14-6-3-2-4-7-14)11-16-12-20(17-8-5-9-17)19(21)18(13)16/h2-4,6-7,10-11,17H,5,8-9,12H2,1H3. The van der Waals surface area contributed by atoms with Gasteiger partial charge in [-0.05, 0) is 54.5 Å². The van der Waals surface area contributed by atoms with Crippen molar-refractivity contribution in [2.45, 2.75) is 38.8 Å². The van der Waals surface area contributed by atoms with Crippen LogP contribution in [0.15, 0.2) is 42.5 Å². The summed E-state index contributed by atoms with van der Waals surface area (Å²) in [4.78, 5) is 14.7. The first-order valence-corrected chi connectivity index (χ1v) is 7.74. The number of fused-ring (bicyclic) bond motifs is 1. The zero-order valence-electron chi connectivity index (χ0n) is 12.3. The van der Waals surface area contributed by atoms with Gasteiger partial charge in [0.15, 0.2) is 0 Å². The van der Waals surface area contributed by atoms with Gasteiger partial charge in [0.25, 0.3) is 5.91 Å². The summed E-state index contributed by atoms with van der Waals surface area (Å²) in [6, 6.07) is 15.2. The lowest BCUT2D eigenvalue weighted by molar-refractivity contribution is 0.0606. The largest absolute Gasteiger partial charge is 0.331 e. The van der Waals surface area contributed by atoms with E-state index in [-0.39, 0.29) is 5.91 Å². The Labute approximate surface area is 125 Å². The number of nitrogens with zero attached hydrogens (tertiary/aromatic N) is 1. The lowest BCUT2D eigenvalue weighted by atomic mass is 9.92. The predicted molar refractivity (Wildman–Crippen MR) is 84.1 cm³/mol. The zero-order valence-corrected chi connectivity index (χ0v) is 12.3. The van der Waals surface area contributed by atoms with Gasteiger partial charge in [-0.3, -0.25) is 4.79 Å². The van der Waals surface area contributed by atoms with Gasteiger partial charge < -0.3 is 4.90 Å². The SMILES string of the molecule is Cc1cc(-c2ccccc2)cc2c1C(=O)N(C1CCC1)C2. The summed E-state index contributed by atoms with van der Waals surface area (Å²) in [5, 5.41) is 0. The minimum atomic E-state index is 0.242. The van der Waals surface area contributed by atoms with Gasteiger partial charge in [0, 0.05) is 18.2 Å². The molecule has 21 heavy (non-hydrogen) atoms. The summed E-state index contributed by atoms with van der Waals surface area (Å²) in [5.74, 6) is 0.242. The van der Waals surface area contributed by atoms with Crippen LogP contribution in [0.4, 0.5) is 0 Å². The molecule has 2 aromatic carbocycles. The second-order valence-electron chi connectivity index (χ2n) is 6.21. The maximum absolute atomic E-state index is 12.6. The Morgan fingerprint density at radius 3 is 2.48 bits per heavy atom. The molecule has 2 aromatic rings. The molecular formula is C19H19NO. The van der Waals surface area contributed by atoms with Crippen LogP contribution in [-0.2, 0) is 6.54 Å². The molecule has 106 valence electrons. The van der Waals surface area contributed by atoms with Gasteiger partial charge in [-0.25, -0.2) is 0 Å². The van der Waals surface area contributed by atoms with Crippen molar-refractivity contribution in [2.24, 2.45) is 0 Å². The lowest BCUT2D eigenvalue weighted by Crippen LogP contribution is -2.40. The number of hydrogen-bond donors (Lipinski definition) is 0. The third-order valence-electron chi connectivity index (χ3n) is 4.86. The molecule has 0 bridgehead atoms. The number of carbonyl (C=O) groups excluding carboxylic acids is 1. The van der Waals surface area contributed by atoms with Crippen LogP contribution in [-0.4, -0.2) is 16.8 Å². The highest BCUT2D eigenvalue weighted by Crippen LogP contribution is 2.36. The van der Waals surface area contributed by atoms with Crippen LogP contribution in [0.5, 0.6) is 0 Å². The lowest BCUT2D eigenvalue weighted by Gasteiger charge is -2.34. The molecule has 1 heterocycles. The van der Waals surface area contributed by atoms with E-state index in [9.17, 15) is 4.79 Å². The van der Waals surface area contributed by atoms with E-state index >= 15 is 0 Å². The van der Waals surface area contributed by atoms with Crippen LogP contribution in [0.2, 0.25) is 0 Å². The van der Waals surface area contributed by atoms with Gasteiger partial charge in [-0.1, -0.05) is 36.4 Å². The van der Waals surface area contributed by atoms with Gasteiger partial charge in [0.2, 0.25) is 0 Å². The van der Waals surface area contributed by atoms with E-state index in [0.29, 0.717) is 6.04 Å². The first-order valence-electron chi connectivity index (χ1n) is 7.74. The predicted octanol–water partition coefficient (Wildman–Crippen LogP) is 4.17. The van der Waals surface area contributed by atoms with E-state index in [0.717, 1.165) is 17.7 Å². The monoisotopic (exact) mass is 277 g/mol. The number of hydrogen-bond acceptors (Lipinski definition) is 1. The van der Waals surface area contributed by atoms with Crippen molar-refractivity contribution >= 4 is 5.91 Å². The van der Waals surface area contributed by atoms with Gasteiger partial charge in [-0.2, -0.15) is 0 Å². The molecule has 0 unspecified atom stereocenters. The molecule has 0 aromatic heterocycles. The Bertz CT molecular complexity index is 701. The van der Waals surface area contributed by atoms with Crippen LogP contribution in [0.1, 0.15) is 40.7 Å². The molecule has 2 aliphatic rings. The smallest absolute Gasteiger partial charge is 0.255 e. The van der Waals surface area contributed by atoms with Crippen molar-refractivity contribution in [3.05, 3.63) is 59.2 Å². The van der Waals surface area contributed by atoms with Crippen molar-refractivity contribution in [3.63, 3.8) is 0 Å². The Hall–Kier alpha value is -2.09. The van der Waals surface area contributed by atoms with E-state index in [1.807, 2.05) is 6.07 Å². The van der Waals surface area contributed by atoms with E-state index in [4.69, 9.17) is 0 Å². The highest BCUT2D eigenvalue weighted by molar-refractivity contribution is 6.00. The van der Waals surface area contributed by atoms with Crippen LogP contribution in [0.25, 0.3) is 11.1 Å². The molecule has 0 spiro atoms. The summed E-state index contributed by atoms with van der Waals surface area (Å²) in [6.07, 6.45) is 3.60. The summed E-state index contributed by atoms with van der Waals surface area (Å²) in [7, 11) is 0. The van der Waals surface area contributed by atoms with Crippen molar-refractivity contribution < 1.29 is 4.79 Å². The van der Waals surface area contributed by atoms with Crippen molar-refractivity contribution in [3.8, 4) is 11.1 Å². The number of carbonyl (C=O) groups is 1. The van der Waals surface area contributed by atoms with Gasteiger partial charge in [-0.15, -0.1) is 0 Å². The first-order chi connectivity index (χ1) is 10.2. The zero-order chi connectivity index (χ0) is 14.4. The first kappa shape index (κ1) is 12.6. The van der Waals surface area contributed by atoms with E-state index in [2.05, 4.69) is 48.2 Å². The molecule has 1 aliphatic heterocycles. The molecule has 0 atom stereocenters. The molecule has 0 saturated heterocycles. The molecule has 0 radical (unpaired) electrons. The molecule has 0 N–H and O–H groups in total. The Morgan fingerprint density at radius 1 is 1.05 bits per heavy atom. The molecule has 4 rings (SSSR count). The normalized spacial score (nSPS) is 17.8. The van der Waals surface area contributed by atoms with Crippen molar-refractivity contribution in [1.82, 2.24) is 4.90 Å². The summed E-state index contributed by atoms with van der Waals surface area (Å²) in [5.41, 5.74) is 5.69. The minimum absolute atomic E-state index is 0.242. The molecule has 1 saturated carbocycles. The summed E-state index contributed by atoms with van der Waals surface area (Å²) >= 11 is 0. The van der Waals surface area contributed by atoms with Crippen LogP contribution in [0, 0.1) is 6.92 Å². The fourth-order valence-electron chi connectivity index (χ4n) is 3.48. The number of rotatable bonds is 2. The van der Waals surface area contributed by atoms with Crippen molar-refractivity contribution in [1.29, 1.82) is 0 Å². The fraction of sp³-hybridized carbons (Fsp3) is 0.316. The van der Waals surface area contributed by atoms with E-state index in [1.165, 1.54) is 36.0 Å². The second kappa shape index (κ2) is 4.73. The van der Waals surface area contributed by atoms with Crippen LogP contribution >= 0.6 is 0 Å². The molecule has 2 heteroatoms. The van der Waals surface area contributed by atoms with Crippen LogP contribution < -0.4 is 0 Å². The average molecular weight is 277 g/mol. The molecule has 1 fully saturated rings. The average Bonchev–Trinajstić information content (AvgIpc) is 2.75. The maximum Gasteiger partial charge on any atom is 0.255 e. The van der Waals surface area contributed by atoms with Crippen molar-refractivity contribution in [2.75, 3.05) is 0 Å². The Kier molecular flexibility index (Phi) is 2.85. The third kappa shape index (κ3) is 1.98. The van der Waals surface area contributed by atoms with Gasteiger partial charge in [0.05, 0.1) is 0 Å². The highest BCUT2D eigenvalue weighted by Gasteiger charge is 2.36. The Balaban J connectivity index is 1.75. The topological polar surface area (TPSA) is 20.3 Å². The number of benzene rings is 2. The minimum Gasteiger partial charge on any atom is -0.331 e. The van der Waals surface area contributed by atoms with Crippen LogP contribution in [0.3, 0.4) is 0 Å².